The lowest BCUT2D eigenvalue weighted by Crippen LogP contribution is -2.31. The van der Waals surface area contributed by atoms with E-state index in [4.69, 9.17) is 5.73 Å². The summed E-state index contributed by atoms with van der Waals surface area (Å²) in [5.74, 6) is 0.00285. The number of carbonyl (C=O) groups excluding carboxylic acids is 1. The summed E-state index contributed by atoms with van der Waals surface area (Å²) in [4.78, 5) is 11.5. The number of amides is 1. The van der Waals surface area contributed by atoms with Crippen molar-refractivity contribution in [2.24, 2.45) is 5.73 Å². The molecule has 1 aromatic carbocycles. The zero-order valence-electron chi connectivity index (χ0n) is 10.6. The number of benzene rings is 1. The Morgan fingerprint density at radius 3 is 2.29 bits per heavy atom. The number of hydrogen-bond acceptors (Lipinski definition) is 2. The first kappa shape index (κ1) is 15.9. The van der Waals surface area contributed by atoms with Crippen LogP contribution in [0.15, 0.2) is 24.3 Å². The lowest BCUT2D eigenvalue weighted by molar-refractivity contribution is -0.122. The maximum Gasteiger partial charge on any atom is 0.222 e. The summed E-state index contributed by atoms with van der Waals surface area (Å²) in [6.07, 6.45) is 0.371. The molecule has 0 saturated heterocycles. The largest absolute Gasteiger partial charge is 0.350 e. The van der Waals surface area contributed by atoms with Gasteiger partial charge in [0.05, 0.1) is 6.04 Å². The highest BCUT2D eigenvalue weighted by atomic mass is 35.5. The molecule has 3 N–H and O–H groups in total. The van der Waals surface area contributed by atoms with E-state index < -0.39 is 0 Å². The van der Waals surface area contributed by atoms with E-state index >= 15 is 0 Å². The highest BCUT2D eigenvalue weighted by Gasteiger charge is 2.10. The Balaban J connectivity index is 0.00000256. The average Bonchev–Trinajstić information content (AvgIpc) is 2.16. The van der Waals surface area contributed by atoms with Crippen LogP contribution in [0, 0.1) is 6.92 Å². The van der Waals surface area contributed by atoms with Crippen molar-refractivity contribution in [1.82, 2.24) is 5.32 Å². The average molecular weight is 257 g/mol. The molecule has 96 valence electrons. The second kappa shape index (κ2) is 7.30. The number of halogens is 1. The van der Waals surface area contributed by atoms with Gasteiger partial charge in [-0.2, -0.15) is 0 Å². The fraction of sp³-hybridized carbons (Fsp3) is 0.462. The van der Waals surface area contributed by atoms with E-state index in [-0.39, 0.29) is 30.4 Å². The van der Waals surface area contributed by atoms with E-state index in [1.165, 1.54) is 5.56 Å². The molecule has 17 heavy (non-hydrogen) atoms. The van der Waals surface area contributed by atoms with Gasteiger partial charge >= 0.3 is 0 Å². The van der Waals surface area contributed by atoms with Gasteiger partial charge in [0, 0.05) is 12.5 Å². The molecule has 0 heterocycles. The molecule has 3 nitrogen and oxygen atoms in total. The van der Waals surface area contributed by atoms with Crippen LogP contribution in [0.4, 0.5) is 0 Å². The minimum atomic E-state index is -0.0924. The Kier molecular flexibility index (Phi) is 6.85. The summed E-state index contributed by atoms with van der Waals surface area (Å²) in [5.41, 5.74) is 7.90. The molecular weight excluding hydrogens is 236 g/mol. The van der Waals surface area contributed by atoms with Gasteiger partial charge in [-0.3, -0.25) is 4.79 Å². The third kappa shape index (κ3) is 5.71. The summed E-state index contributed by atoms with van der Waals surface area (Å²) in [7, 11) is 0. The Labute approximate surface area is 109 Å². The van der Waals surface area contributed by atoms with Gasteiger partial charge in [-0.05, 0) is 26.3 Å². The molecular formula is C13H21ClN2O. The van der Waals surface area contributed by atoms with Crippen LogP contribution in [-0.4, -0.2) is 11.9 Å². The van der Waals surface area contributed by atoms with Crippen molar-refractivity contribution in [2.45, 2.75) is 39.3 Å². The summed E-state index contributed by atoms with van der Waals surface area (Å²) >= 11 is 0. The lowest BCUT2D eigenvalue weighted by Gasteiger charge is -2.15. The van der Waals surface area contributed by atoms with Crippen LogP contribution < -0.4 is 11.1 Å². The molecule has 0 saturated carbocycles. The van der Waals surface area contributed by atoms with Gasteiger partial charge < -0.3 is 11.1 Å². The molecule has 2 atom stereocenters. The summed E-state index contributed by atoms with van der Waals surface area (Å²) < 4.78 is 0. The lowest BCUT2D eigenvalue weighted by atomic mass is 10.1. The van der Waals surface area contributed by atoms with Crippen LogP contribution in [0.1, 0.15) is 37.4 Å². The molecule has 1 amide bonds. The van der Waals surface area contributed by atoms with Crippen LogP contribution in [-0.2, 0) is 4.79 Å². The van der Waals surface area contributed by atoms with Crippen molar-refractivity contribution < 1.29 is 4.79 Å². The van der Waals surface area contributed by atoms with E-state index in [0.29, 0.717) is 6.42 Å². The standard InChI is InChI=1S/C13H20N2O.ClH/c1-9-4-6-12(7-5-9)11(3)15-13(16)8-10(2)14;/h4-7,10-11H,8,14H2,1-3H3,(H,15,16);1H. The van der Waals surface area contributed by atoms with Crippen LogP contribution in [0.3, 0.4) is 0 Å². The number of hydrogen-bond donors (Lipinski definition) is 2. The van der Waals surface area contributed by atoms with Gasteiger partial charge in [-0.25, -0.2) is 0 Å². The van der Waals surface area contributed by atoms with Crippen molar-refractivity contribution >= 4 is 18.3 Å². The summed E-state index contributed by atoms with van der Waals surface area (Å²) in [6.45, 7) is 5.85. The van der Waals surface area contributed by atoms with Gasteiger partial charge in [0.2, 0.25) is 5.91 Å². The molecule has 1 aromatic rings. The van der Waals surface area contributed by atoms with Crippen LogP contribution in [0.25, 0.3) is 0 Å². The SMILES string of the molecule is Cc1ccc(C(C)NC(=O)CC(C)N)cc1.Cl. The minimum absolute atomic E-state index is 0. The summed E-state index contributed by atoms with van der Waals surface area (Å²) in [6, 6.07) is 8.10. The number of nitrogens with two attached hydrogens (primary N) is 1. The van der Waals surface area contributed by atoms with Crippen molar-refractivity contribution in [1.29, 1.82) is 0 Å². The highest BCUT2D eigenvalue weighted by Crippen LogP contribution is 2.13. The molecule has 0 aliphatic rings. The van der Waals surface area contributed by atoms with Crippen LogP contribution in [0.2, 0.25) is 0 Å². The van der Waals surface area contributed by atoms with Crippen molar-refractivity contribution in [2.75, 3.05) is 0 Å². The monoisotopic (exact) mass is 256 g/mol. The summed E-state index contributed by atoms with van der Waals surface area (Å²) in [5, 5.41) is 2.93. The molecule has 2 unspecified atom stereocenters. The molecule has 0 aliphatic heterocycles. The van der Waals surface area contributed by atoms with Crippen LogP contribution in [0.5, 0.6) is 0 Å². The molecule has 0 bridgehead atoms. The third-order valence-electron chi connectivity index (χ3n) is 2.46. The van der Waals surface area contributed by atoms with Crippen molar-refractivity contribution in [3.63, 3.8) is 0 Å². The first-order valence-corrected chi connectivity index (χ1v) is 5.60. The number of nitrogens with one attached hydrogen (secondary N) is 1. The predicted octanol–water partition coefficient (Wildman–Crippen LogP) is 2.33. The highest BCUT2D eigenvalue weighted by molar-refractivity contribution is 5.85. The van der Waals surface area contributed by atoms with Gasteiger partial charge in [0.1, 0.15) is 0 Å². The molecule has 0 fully saturated rings. The normalized spacial score (nSPS) is 13.4. The van der Waals surface area contributed by atoms with Gasteiger partial charge in [-0.1, -0.05) is 29.8 Å². The molecule has 0 spiro atoms. The first-order chi connectivity index (χ1) is 7.49. The number of carbonyl (C=O) groups is 1. The van der Waals surface area contributed by atoms with E-state index in [1.54, 1.807) is 0 Å². The zero-order chi connectivity index (χ0) is 12.1. The quantitative estimate of drug-likeness (QED) is 0.869. The fourth-order valence-electron chi connectivity index (χ4n) is 1.53. The molecule has 1 rings (SSSR count). The third-order valence-corrected chi connectivity index (χ3v) is 2.46. The Morgan fingerprint density at radius 2 is 1.82 bits per heavy atom. The second-order valence-corrected chi connectivity index (χ2v) is 4.38. The Morgan fingerprint density at radius 1 is 1.29 bits per heavy atom. The topological polar surface area (TPSA) is 55.1 Å². The maximum absolute atomic E-state index is 11.5. The molecule has 0 radical (unpaired) electrons. The van der Waals surface area contributed by atoms with E-state index in [2.05, 4.69) is 5.32 Å². The number of aryl methyl sites for hydroxylation is 1. The zero-order valence-corrected chi connectivity index (χ0v) is 11.4. The fourth-order valence-corrected chi connectivity index (χ4v) is 1.53. The second-order valence-electron chi connectivity index (χ2n) is 4.38. The van der Waals surface area contributed by atoms with Gasteiger partial charge in [0.25, 0.3) is 0 Å². The smallest absolute Gasteiger partial charge is 0.222 e. The van der Waals surface area contributed by atoms with Crippen molar-refractivity contribution in [3.05, 3.63) is 35.4 Å². The first-order valence-electron chi connectivity index (χ1n) is 5.60. The Bertz CT molecular complexity index is 349. The maximum atomic E-state index is 11.5. The van der Waals surface area contributed by atoms with Gasteiger partial charge in [-0.15, -0.1) is 12.4 Å². The number of rotatable bonds is 4. The van der Waals surface area contributed by atoms with Crippen LogP contribution >= 0.6 is 12.4 Å². The Hall–Kier alpha value is -1.06. The molecule has 0 aliphatic carbocycles. The predicted molar refractivity (Wildman–Crippen MR) is 73.3 cm³/mol. The van der Waals surface area contributed by atoms with E-state index in [9.17, 15) is 4.79 Å². The van der Waals surface area contributed by atoms with Gasteiger partial charge in [0.15, 0.2) is 0 Å². The minimum Gasteiger partial charge on any atom is -0.350 e. The molecule has 0 aromatic heterocycles. The van der Waals surface area contributed by atoms with E-state index in [1.807, 2.05) is 45.0 Å². The molecule has 4 heteroatoms. The van der Waals surface area contributed by atoms with Crippen molar-refractivity contribution in [3.8, 4) is 0 Å². The van der Waals surface area contributed by atoms with E-state index in [0.717, 1.165) is 5.56 Å².